The van der Waals surface area contributed by atoms with Crippen LogP contribution in [-0.4, -0.2) is 25.3 Å². The standard InChI is InChI=1S/C25H28F4O4/c1-2-3-4-11-31-17-7-5-16(6-8-17)15-32-18-9-10-20(21(26)12-18)25(30)33-19-13-22(27)24(29)23(28)14-19/h9-10,12-14,16-17H,2-8,11,15H2,1H3/t16-,17-. The molecule has 0 aromatic heterocycles. The predicted octanol–water partition coefficient (Wildman–Crippen LogP) is 6.61. The molecule has 33 heavy (non-hydrogen) atoms. The zero-order chi connectivity index (χ0) is 23.8. The third-order valence-corrected chi connectivity index (χ3v) is 5.71. The zero-order valence-electron chi connectivity index (χ0n) is 18.6. The van der Waals surface area contributed by atoms with Crippen molar-refractivity contribution in [2.45, 2.75) is 58.0 Å². The summed E-state index contributed by atoms with van der Waals surface area (Å²) in [6.45, 7) is 3.40. The second-order valence-corrected chi connectivity index (χ2v) is 8.26. The van der Waals surface area contributed by atoms with Gasteiger partial charge in [0.15, 0.2) is 17.5 Å². The van der Waals surface area contributed by atoms with Gasteiger partial charge in [-0.1, -0.05) is 19.8 Å². The van der Waals surface area contributed by atoms with Gasteiger partial charge >= 0.3 is 5.97 Å². The van der Waals surface area contributed by atoms with Gasteiger partial charge in [0.25, 0.3) is 0 Å². The molecule has 4 nitrogen and oxygen atoms in total. The first kappa shape index (κ1) is 25.0. The molecule has 1 aliphatic carbocycles. The number of halogens is 4. The van der Waals surface area contributed by atoms with E-state index in [0.717, 1.165) is 44.8 Å². The van der Waals surface area contributed by atoms with Crippen molar-refractivity contribution in [1.82, 2.24) is 0 Å². The molecular weight excluding hydrogens is 440 g/mol. The van der Waals surface area contributed by atoms with E-state index in [9.17, 15) is 22.4 Å². The van der Waals surface area contributed by atoms with Crippen molar-refractivity contribution < 1.29 is 36.6 Å². The summed E-state index contributed by atoms with van der Waals surface area (Å²) < 4.78 is 70.3. The third-order valence-electron chi connectivity index (χ3n) is 5.71. The predicted molar refractivity (Wildman–Crippen MR) is 114 cm³/mol. The van der Waals surface area contributed by atoms with Gasteiger partial charge in [0.2, 0.25) is 0 Å². The van der Waals surface area contributed by atoms with Crippen molar-refractivity contribution in [2.24, 2.45) is 5.92 Å². The van der Waals surface area contributed by atoms with Crippen molar-refractivity contribution in [3.8, 4) is 11.5 Å². The number of hydrogen-bond acceptors (Lipinski definition) is 4. The molecule has 2 aromatic carbocycles. The molecular formula is C25H28F4O4. The van der Waals surface area contributed by atoms with Gasteiger partial charge in [0.05, 0.1) is 18.3 Å². The molecule has 0 aliphatic heterocycles. The van der Waals surface area contributed by atoms with E-state index >= 15 is 0 Å². The van der Waals surface area contributed by atoms with Gasteiger partial charge in [-0.3, -0.25) is 0 Å². The highest BCUT2D eigenvalue weighted by Gasteiger charge is 2.23. The summed E-state index contributed by atoms with van der Waals surface area (Å²) in [5.74, 6) is -6.74. The maximum atomic E-state index is 14.4. The quantitative estimate of drug-likeness (QED) is 0.129. The van der Waals surface area contributed by atoms with Gasteiger partial charge in [0, 0.05) is 24.8 Å². The summed E-state index contributed by atoms with van der Waals surface area (Å²) in [6.07, 6.45) is 7.62. The van der Waals surface area contributed by atoms with Crippen LogP contribution in [-0.2, 0) is 4.74 Å². The number of rotatable bonds is 10. The van der Waals surface area contributed by atoms with Crippen molar-refractivity contribution in [3.63, 3.8) is 0 Å². The fraction of sp³-hybridized carbons (Fsp3) is 0.480. The summed E-state index contributed by atoms with van der Waals surface area (Å²) in [7, 11) is 0. The van der Waals surface area contributed by atoms with Crippen molar-refractivity contribution in [1.29, 1.82) is 0 Å². The normalized spacial score (nSPS) is 18.2. The van der Waals surface area contributed by atoms with E-state index in [1.807, 2.05) is 0 Å². The van der Waals surface area contributed by atoms with Crippen LogP contribution in [0.2, 0.25) is 0 Å². The highest BCUT2D eigenvalue weighted by Crippen LogP contribution is 2.28. The third kappa shape index (κ3) is 7.19. The molecule has 0 unspecified atom stereocenters. The van der Waals surface area contributed by atoms with Gasteiger partial charge < -0.3 is 14.2 Å². The molecule has 0 saturated heterocycles. The lowest BCUT2D eigenvalue weighted by Crippen LogP contribution is -2.25. The Morgan fingerprint density at radius 1 is 0.909 bits per heavy atom. The van der Waals surface area contributed by atoms with Gasteiger partial charge in [0.1, 0.15) is 17.3 Å². The molecule has 0 bridgehead atoms. The summed E-state index contributed by atoms with van der Waals surface area (Å²) in [5, 5.41) is 0. The molecule has 180 valence electrons. The molecule has 2 aromatic rings. The van der Waals surface area contributed by atoms with E-state index in [-0.39, 0.29) is 5.75 Å². The van der Waals surface area contributed by atoms with Crippen LogP contribution in [0, 0.1) is 29.2 Å². The van der Waals surface area contributed by atoms with Gasteiger partial charge in [-0.05, 0) is 50.2 Å². The second kappa shape index (κ2) is 12.0. The van der Waals surface area contributed by atoms with E-state index in [1.165, 1.54) is 25.0 Å². The Bertz CT molecular complexity index is 919. The largest absolute Gasteiger partial charge is 0.493 e. The summed E-state index contributed by atoms with van der Waals surface area (Å²) in [4.78, 5) is 12.1. The van der Waals surface area contributed by atoms with Crippen LogP contribution >= 0.6 is 0 Å². The minimum Gasteiger partial charge on any atom is -0.493 e. The molecule has 3 rings (SSSR count). The smallest absolute Gasteiger partial charge is 0.346 e. The molecule has 0 spiro atoms. The molecule has 8 heteroatoms. The second-order valence-electron chi connectivity index (χ2n) is 8.26. The molecule has 1 fully saturated rings. The Balaban J connectivity index is 1.47. The monoisotopic (exact) mass is 468 g/mol. The minimum absolute atomic E-state index is 0.265. The number of benzene rings is 2. The first-order valence-electron chi connectivity index (χ1n) is 11.3. The summed E-state index contributed by atoms with van der Waals surface area (Å²) in [6, 6.07) is 4.68. The van der Waals surface area contributed by atoms with Crippen molar-refractivity contribution in [3.05, 3.63) is 59.2 Å². The van der Waals surface area contributed by atoms with Crippen LogP contribution in [0.4, 0.5) is 17.6 Å². The van der Waals surface area contributed by atoms with Crippen LogP contribution in [0.15, 0.2) is 30.3 Å². The number of hydrogen-bond donors (Lipinski definition) is 0. The Hall–Kier alpha value is -2.61. The fourth-order valence-electron chi connectivity index (χ4n) is 3.79. The highest BCUT2D eigenvalue weighted by molar-refractivity contribution is 5.91. The molecule has 1 saturated carbocycles. The van der Waals surface area contributed by atoms with Gasteiger partial charge in [-0.25, -0.2) is 22.4 Å². The van der Waals surface area contributed by atoms with E-state index in [2.05, 4.69) is 6.92 Å². The Labute approximate surface area is 190 Å². The number of unbranched alkanes of at least 4 members (excludes halogenated alkanes) is 2. The summed E-state index contributed by atoms with van der Waals surface area (Å²) >= 11 is 0. The first-order valence-corrected chi connectivity index (χ1v) is 11.3. The number of ether oxygens (including phenoxy) is 3. The Morgan fingerprint density at radius 2 is 1.58 bits per heavy atom. The van der Waals surface area contributed by atoms with Crippen LogP contribution in [0.1, 0.15) is 62.2 Å². The maximum absolute atomic E-state index is 14.4. The van der Waals surface area contributed by atoms with Crippen LogP contribution in [0.25, 0.3) is 0 Å². The molecule has 0 atom stereocenters. The zero-order valence-corrected chi connectivity index (χ0v) is 18.6. The first-order chi connectivity index (χ1) is 15.9. The maximum Gasteiger partial charge on any atom is 0.346 e. The lowest BCUT2D eigenvalue weighted by Gasteiger charge is -2.28. The van der Waals surface area contributed by atoms with E-state index in [0.29, 0.717) is 30.8 Å². The average molecular weight is 468 g/mol. The van der Waals surface area contributed by atoms with Gasteiger partial charge in [-0.2, -0.15) is 0 Å². The van der Waals surface area contributed by atoms with Crippen LogP contribution < -0.4 is 9.47 Å². The lowest BCUT2D eigenvalue weighted by atomic mass is 9.88. The topological polar surface area (TPSA) is 44.8 Å². The molecule has 0 radical (unpaired) electrons. The van der Waals surface area contributed by atoms with E-state index in [1.54, 1.807) is 0 Å². The van der Waals surface area contributed by atoms with Crippen LogP contribution in [0.5, 0.6) is 11.5 Å². The number of esters is 1. The average Bonchev–Trinajstić information content (AvgIpc) is 2.79. The van der Waals surface area contributed by atoms with E-state index in [4.69, 9.17) is 14.2 Å². The van der Waals surface area contributed by atoms with Crippen LogP contribution in [0.3, 0.4) is 0 Å². The molecule has 1 aliphatic rings. The Morgan fingerprint density at radius 3 is 2.21 bits per heavy atom. The SMILES string of the molecule is CCCCCO[C@H]1CC[C@H](COc2ccc(C(=O)Oc3cc(F)c(F)c(F)c3)c(F)c2)CC1. The van der Waals surface area contributed by atoms with Gasteiger partial charge in [-0.15, -0.1) is 0 Å². The minimum atomic E-state index is -1.68. The Kier molecular flexibility index (Phi) is 9.11. The molecule has 0 heterocycles. The number of carbonyl (C=O) groups is 1. The van der Waals surface area contributed by atoms with Crippen molar-refractivity contribution >= 4 is 5.97 Å². The van der Waals surface area contributed by atoms with Crippen molar-refractivity contribution in [2.75, 3.05) is 13.2 Å². The molecule has 0 N–H and O–H groups in total. The fourth-order valence-corrected chi connectivity index (χ4v) is 3.79. The lowest BCUT2D eigenvalue weighted by molar-refractivity contribution is 0.0112. The summed E-state index contributed by atoms with van der Waals surface area (Å²) in [5.41, 5.74) is -0.437. The van der Waals surface area contributed by atoms with E-state index < -0.39 is 40.6 Å². The number of carbonyl (C=O) groups excluding carboxylic acids is 1. The highest BCUT2D eigenvalue weighted by atomic mass is 19.2. The molecule has 0 amide bonds.